The fourth-order valence-electron chi connectivity index (χ4n) is 2.63. The number of ether oxygens (including phenoxy) is 1. The highest BCUT2D eigenvalue weighted by Crippen LogP contribution is 2.27. The molecule has 0 N–H and O–H groups in total. The topological polar surface area (TPSA) is 42.4 Å². The number of amides is 1. The number of methoxy groups -OCH3 is 1. The highest BCUT2D eigenvalue weighted by molar-refractivity contribution is 6.15. The quantitative estimate of drug-likeness (QED) is 0.694. The van der Waals surface area contributed by atoms with E-state index in [1.165, 1.54) is 0 Å². The van der Waals surface area contributed by atoms with Gasteiger partial charge in [-0.05, 0) is 22.9 Å². The van der Waals surface area contributed by atoms with Crippen molar-refractivity contribution in [2.24, 2.45) is 0 Å². The lowest BCUT2D eigenvalue weighted by Crippen LogP contribution is -2.30. The standard InChI is InChI=1S/C18H18N2O2/c1-20(10-11-22-2)18(21)16-12-13-6-3-4-7-14(13)15-8-5-9-19-17(15)16/h3-9,12H,10-11H2,1-2H3. The largest absolute Gasteiger partial charge is 0.383 e. The summed E-state index contributed by atoms with van der Waals surface area (Å²) in [7, 11) is 3.41. The SMILES string of the molecule is COCCN(C)C(=O)c1cc2ccccc2c2cccnc12. The van der Waals surface area contributed by atoms with Crippen molar-refractivity contribution in [2.45, 2.75) is 0 Å². The number of carbonyl (C=O) groups excluding carboxylic acids is 1. The average Bonchev–Trinajstić information content (AvgIpc) is 2.58. The lowest BCUT2D eigenvalue weighted by molar-refractivity contribution is 0.0746. The van der Waals surface area contributed by atoms with Crippen molar-refractivity contribution in [1.82, 2.24) is 9.88 Å². The van der Waals surface area contributed by atoms with Crippen LogP contribution in [0.5, 0.6) is 0 Å². The number of hydrogen-bond acceptors (Lipinski definition) is 3. The molecule has 1 heterocycles. The van der Waals surface area contributed by atoms with Gasteiger partial charge in [-0.15, -0.1) is 0 Å². The molecule has 0 fully saturated rings. The molecule has 0 aliphatic rings. The molecular formula is C18H18N2O2. The minimum absolute atomic E-state index is 0.0356. The van der Waals surface area contributed by atoms with Crippen LogP contribution in [0, 0.1) is 0 Å². The fourth-order valence-corrected chi connectivity index (χ4v) is 2.63. The van der Waals surface area contributed by atoms with Crippen LogP contribution in [0.3, 0.4) is 0 Å². The number of rotatable bonds is 4. The third-order valence-electron chi connectivity index (χ3n) is 3.82. The molecular weight excluding hydrogens is 276 g/mol. The monoisotopic (exact) mass is 294 g/mol. The van der Waals surface area contributed by atoms with Gasteiger partial charge in [0.05, 0.1) is 17.7 Å². The van der Waals surface area contributed by atoms with Crippen LogP contribution in [0.1, 0.15) is 10.4 Å². The van der Waals surface area contributed by atoms with Crippen molar-refractivity contribution < 1.29 is 9.53 Å². The summed E-state index contributed by atoms with van der Waals surface area (Å²) in [6.45, 7) is 1.07. The number of aromatic nitrogens is 1. The first-order valence-electron chi connectivity index (χ1n) is 7.23. The van der Waals surface area contributed by atoms with Gasteiger partial charge >= 0.3 is 0 Å². The summed E-state index contributed by atoms with van der Waals surface area (Å²) in [5, 5.41) is 3.16. The molecule has 4 heteroatoms. The maximum Gasteiger partial charge on any atom is 0.255 e. The van der Waals surface area contributed by atoms with E-state index in [0.29, 0.717) is 18.7 Å². The maximum atomic E-state index is 12.7. The molecule has 112 valence electrons. The normalized spacial score (nSPS) is 11.0. The van der Waals surface area contributed by atoms with Gasteiger partial charge in [-0.1, -0.05) is 30.3 Å². The van der Waals surface area contributed by atoms with Gasteiger partial charge in [0.25, 0.3) is 5.91 Å². The Bertz CT molecular complexity index is 830. The highest BCUT2D eigenvalue weighted by Gasteiger charge is 2.17. The minimum atomic E-state index is -0.0356. The van der Waals surface area contributed by atoms with Crippen LogP contribution >= 0.6 is 0 Å². The van der Waals surface area contributed by atoms with E-state index in [0.717, 1.165) is 21.7 Å². The van der Waals surface area contributed by atoms with E-state index in [1.54, 1.807) is 25.3 Å². The van der Waals surface area contributed by atoms with Gasteiger partial charge in [0.15, 0.2) is 0 Å². The van der Waals surface area contributed by atoms with Gasteiger partial charge in [0.2, 0.25) is 0 Å². The van der Waals surface area contributed by atoms with Gasteiger partial charge in [-0.2, -0.15) is 0 Å². The van der Waals surface area contributed by atoms with Crippen LogP contribution in [0.4, 0.5) is 0 Å². The first-order chi connectivity index (χ1) is 10.7. The van der Waals surface area contributed by atoms with Gasteiger partial charge in [0, 0.05) is 32.3 Å². The zero-order chi connectivity index (χ0) is 15.5. The zero-order valence-electron chi connectivity index (χ0n) is 12.7. The molecule has 0 spiro atoms. The Morgan fingerprint density at radius 2 is 1.95 bits per heavy atom. The van der Waals surface area contributed by atoms with E-state index in [4.69, 9.17) is 4.74 Å². The third-order valence-corrected chi connectivity index (χ3v) is 3.82. The van der Waals surface area contributed by atoms with Crippen LogP contribution in [-0.2, 0) is 4.74 Å². The predicted octanol–water partition coefficient (Wildman–Crippen LogP) is 3.11. The van der Waals surface area contributed by atoms with Gasteiger partial charge in [-0.25, -0.2) is 0 Å². The number of carbonyl (C=O) groups is 1. The number of benzene rings is 2. The number of pyridine rings is 1. The summed E-state index contributed by atoms with van der Waals surface area (Å²) in [5.74, 6) is -0.0356. The fraction of sp³-hybridized carbons (Fsp3) is 0.222. The van der Waals surface area contributed by atoms with E-state index in [2.05, 4.69) is 11.1 Å². The molecule has 0 unspecified atom stereocenters. The Morgan fingerprint density at radius 3 is 2.77 bits per heavy atom. The summed E-state index contributed by atoms with van der Waals surface area (Å²) in [6.07, 6.45) is 1.73. The summed E-state index contributed by atoms with van der Waals surface area (Å²) < 4.78 is 5.05. The van der Waals surface area contributed by atoms with Crippen molar-refractivity contribution in [1.29, 1.82) is 0 Å². The molecule has 0 bridgehead atoms. The molecule has 3 aromatic rings. The van der Waals surface area contributed by atoms with Crippen LogP contribution in [-0.4, -0.2) is 43.1 Å². The smallest absolute Gasteiger partial charge is 0.255 e. The van der Waals surface area contributed by atoms with Crippen LogP contribution in [0.15, 0.2) is 48.7 Å². The molecule has 0 radical (unpaired) electrons. The summed E-state index contributed by atoms with van der Waals surface area (Å²) >= 11 is 0. The van der Waals surface area contributed by atoms with Gasteiger partial charge in [-0.3, -0.25) is 9.78 Å². The second-order valence-electron chi connectivity index (χ2n) is 5.26. The number of hydrogen-bond donors (Lipinski definition) is 0. The van der Waals surface area contributed by atoms with E-state index >= 15 is 0 Å². The Balaban J connectivity index is 2.17. The predicted molar refractivity (Wildman–Crippen MR) is 88.1 cm³/mol. The van der Waals surface area contributed by atoms with E-state index in [1.807, 2.05) is 36.4 Å². The molecule has 4 nitrogen and oxygen atoms in total. The first-order valence-corrected chi connectivity index (χ1v) is 7.23. The second-order valence-corrected chi connectivity index (χ2v) is 5.26. The van der Waals surface area contributed by atoms with Gasteiger partial charge in [0.1, 0.15) is 0 Å². The first kappa shape index (κ1) is 14.5. The zero-order valence-corrected chi connectivity index (χ0v) is 12.7. The molecule has 1 amide bonds. The Hall–Kier alpha value is -2.46. The van der Waals surface area contributed by atoms with Crippen molar-refractivity contribution in [3.63, 3.8) is 0 Å². The van der Waals surface area contributed by atoms with E-state index in [-0.39, 0.29) is 5.91 Å². The molecule has 2 aromatic carbocycles. The second kappa shape index (κ2) is 6.12. The summed E-state index contributed by atoms with van der Waals surface area (Å²) in [4.78, 5) is 18.8. The molecule has 0 aliphatic carbocycles. The van der Waals surface area contributed by atoms with E-state index < -0.39 is 0 Å². The Morgan fingerprint density at radius 1 is 1.18 bits per heavy atom. The van der Waals surface area contributed by atoms with Crippen molar-refractivity contribution >= 4 is 27.6 Å². The summed E-state index contributed by atoms with van der Waals surface area (Å²) in [5.41, 5.74) is 1.38. The van der Waals surface area contributed by atoms with Crippen molar-refractivity contribution in [3.05, 3.63) is 54.2 Å². The van der Waals surface area contributed by atoms with Crippen molar-refractivity contribution in [2.75, 3.05) is 27.3 Å². The third kappa shape index (κ3) is 2.53. The summed E-state index contributed by atoms with van der Waals surface area (Å²) in [6, 6.07) is 13.9. The van der Waals surface area contributed by atoms with Gasteiger partial charge < -0.3 is 9.64 Å². The van der Waals surface area contributed by atoms with Crippen LogP contribution in [0.2, 0.25) is 0 Å². The molecule has 0 saturated carbocycles. The Kier molecular flexibility index (Phi) is 4.02. The highest BCUT2D eigenvalue weighted by atomic mass is 16.5. The lowest BCUT2D eigenvalue weighted by atomic mass is 10.00. The number of fused-ring (bicyclic) bond motifs is 3. The average molecular weight is 294 g/mol. The molecule has 0 aliphatic heterocycles. The van der Waals surface area contributed by atoms with E-state index in [9.17, 15) is 4.79 Å². The minimum Gasteiger partial charge on any atom is -0.383 e. The maximum absolute atomic E-state index is 12.7. The molecule has 22 heavy (non-hydrogen) atoms. The van der Waals surface area contributed by atoms with Crippen LogP contribution in [0.25, 0.3) is 21.7 Å². The molecule has 0 saturated heterocycles. The molecule has 1 aromatic heterocycles. The molecule has 3 rings (SSSR count). The Labute approximate surface area is 129 Å². The number of likely N-dealkylation sites (N-methyl/N-ethyl adjacent to an activating group) is 1. The molecule has 0 atom stereocenters. The number of nitrogens with zero attached hydrogens (tertiary/aromatic N) is 2. The lowest BCUT2D eigenvalue weighted by Gasteiger charge is -2.18. The van der Waals surface area contributed by atoms with Crippen molar-refractivity contribution in [3.8, 4) is 0 Å². The van der Waals surface area contributed by atoms with Crippen LogP contribution < -0.4 is 0 Å².